The molecule has 1 unspecified atom stereocenters. The maximum atomic E-state index is 12.3. The van der Waals surface area contributed by atoms with E-state index < -0.39 is 0 Å². The predicted octanol–water partition coefficient (Wildman–Crippen LogP) is 2.11. The summed E-state index contributed by atoms with van der Waals surface area (Å²) in [6.45, 7) is 2.72. The fourth-order valence-electron chi connectivity index (χ4n) is 2.58. The van der Waals surface area contributed by atoms with Crippen molar-refractivity contribution in [2.45, 2.75) is 26.3 Å². The minimum Gasteiger partial charge on any atom is -0.497 e. The minimum atomic E-state index is -0.216. The van der Waals surface area contributed by atoms with Gasteiger partial charge in [0, 0.05) is 6.42 Å². The van der Waals surface area contributed by atoms with Crippen LogP contribution in [0.4, 0.5) is 0 Å². The van der Waals surface area contributed by atoms with Crippen LogP contribution in [0.5, 0.6) is 11.5 Å². The Morgan fingerprint density at radius 3 is 3.09 bits per heavy atom. The average molecular weight is 316 g/mol. The van der Waals surface area contributed by atoms with Crippen molar-refractivity contribution in [3.8, 4) is 11.5 Å². The molecule has 1 amide bonds. The number of nitrogens with one attached hydrogen (secondary N) is 1. The van der Waals surface area contributed by atoms with E-state index in [1.165, 1.54) is 0 Å². The molecule has 6 nitrogen and oxygen atoms in total. The van der Waals surface area contributed by atoms with E-state index >= 15 is 0 Å². The number of carbonyl (C=O) groups excluding carboxylic acids is 1. The summed E-state index contributed by atoms with van der Waals surface area (Å²) in [5.41, 5.74) is 1.72. The van der Waals surface area contributed by atoms with Crippen molar-refractivity contribution in [2.24, 2.45) is 5.92 Å². The van der Waals surface area contributed by atoms with Crippen LogP contribution in [0.25, 0.3) is 0 Å². The molecule has 0 fully saturated rings. The molecule has 2 aromatic rings. The van der Waals surface area contributed by atoms with Crippen molar-refractivity contribution in [1.29, 1.82) is 0 Å². The first-order valence-corrected chi connectivity index (χ1v) is 7.70. The van der Waals surface area contributed by atoms with Crippen molar-refractivity contribution in [2.75, 3.05) is 13.7 Å². The van der Waals surface area contributed by atoms with Gasteiger partial charge in [-0.2, -0.15) is 0 Å². The number of aromatic nitrogens is 1. The molecule has 0 spiro atoms. The summed E-state index contributed by atoms with van der Waals surface area (Å²) in [5.74, 6) is 2.00. The minimum absolute atomic E-state index is 0.0421. The zero-order valence-corrected chi connectivity index (χ0v) is 13.3. The molecule has 0 bridgehead atoms. The summed E-state index contributed by atoms with van der Waals surface area (Å²) < 4.78 is 16.2. The molecule has 2 heterocycles. The molecule has 1 aliphatic heterocycles. The van der Waals surface area contributed by atoms with Gasteiger partial charge in [0.15, 0.2) is 5.89 Å². The third-order valence-corrected chi connectivity index (χ3v) is 3.89. The number of aryl methyl sites for hydroxylation is 1. The summed E-state index contributed by atoms with van der Waals surface area (Å²) in [6.07, 6.45) is 2.96. The average Bonchev–Trinajstić information content (AvgIpc) is 3.06. The molecule has 0 aliphatic carbocycles. The number of carbonyl (C=O) groups is 1. The van der Waals surface area contributed by atoms with Crippen LogP contribution in [-0.4, -0.2) is 24.6 Å². The molecule has 1 aromatic carbocycles. The molecule has 6 heteroatoms. The van der Waals surface area contributed by atoms with Gasteiger partial charge < -0.3 is 19.2 Å². The number of methoxy groups -OCH3 is 1. The lowest BCUT2D eigenvalue weighted by Crippen LogP contribution is -2.37. The number of oxazole rings is 1. The number of fused-ring (bicyclic) bond motifs is 1. The van der Waals surface area contributed by atoms with Gasteiger partial charge in [0.25, 0.3) is 0 Å². The molecular weight excluding hydrogens is 296 g/mol. The highest BCUT2D eigenvalue weighted by molar-refractivity contribution is 5.79. The SMILES string of the molecule is CCc1nc(CNC(=O)C2COc3ccc(OC)cc3C2)co1. The number of ether oxygens (including phenoxy) is 2. The second-order valence-corrected chi connectivity index (χ2v) is 5.49. The Morgan fingerprint density at radius 1 is 1.48 bits per heavy atom. The van der Waals surface area contributed by atoms with Crippen molar-refractivity contribution < 1.29 is 18.7 Å². The van der Waals surface area contributed by atoms with Gasteiger partial charge in [-0.25, -0.2) is 4.98 Å². The highest BCUT2D eigenvalue weighted by Crippen LogP contribution is 2.30. The van der Waals surface area contributed by atoms with Crippen molar-refractivity contribution >= 4 is 5.91 Å². The Kier molecular flexibility index (Phi) is 4.50. The van der Waals surface area contributed by atoms with Crippen LogP contribution in [0.3, 0.4) is 0 Å². The standard InChI is InChI=1S/C17H20N2O4/c1-3-16-19-13(10-23-16)8-18-17(20)12-6-11-7-14(21-2)4-5-15(11)22-9-12/h4-5,7,10,12H,3,6,8-9H2,1-2H3,(H,18,20). The molecule has 122 valence electrons. The van der Waals surface area contributed by atoms with Gasteiger partial charge in [-0.1, -0.05) is 6.92 Å². The predicted molar refractivity (Wildman–Crippen MR) is 83.4 cm³/mol. The second-order valence-electron chi connectivity index (χ2n) is 5.49. The van der Waals surface area contributed by atoms with Crippen LogP contribution in [0.1, 0.15) is 24.1 Å². The van der Waals surface area contributed by atoms with E-state index in [0.717, 1.165) is 29.2 Å². The molecule has 3 rings (SSSR count). The number of rotatable bonds is 5. The Morgan fingerprint density at radius 2 is 2.35 bits per heavy atom. The van der Waals surface area contributed by atoms with Crippen LogP contribution in [0.15, 0.2) is 28.9 Å². The summed E-state index contributed by atoms with van der Waals surface area (Å²) in [4.78, 5) is 16.6. The van der Waals surface area contributed by atoms with E-state index in [9.17, 15) is 4.79 Å². The Hall–Kier alpha value is -2.50. The summed E-state index contributed by atoms with van der Waals surface area (Å²) in [5, 5.41) is 2.89. The maximum absolute atomic E-state index is 12.3. The summed E-state index contributed by atoms with van der Waals surface area (Å²) in [7, 11) is 1.62. The third kappa shape index (κ3) is 3.47. The molecule has 0 saturated carbocycles. The molecule has 1 N–H and O–H groups in total. The Balaban J connectivity index is 1.60. The molecule has 1 aliphatic rings. The first-order chi connectivity index (χ1) is 11.2. The number of amides is 1. The van der Waals surface area contributed by atoms with E-state index in [2.05, 4.69) is 10.3 Å². The topological polar surface area (TPSA) is 73.6 Å². The molecule has 0 radical (unpaired) electrons. The lowest BCUT2D eigenvalue weighted by Gasteiger charge is -2.24. The van der Waals surface area contributed by atoms with Crippen LogP contribution >= 0.6 is 0 Å². The first-order valence-electron chi connectivity index (χ1n) is 7.70. The fraction of sp³-hybridized carbons (Fsp3) is 0.412. The molecule has 1 atom stereocenters. The maximum Gasteiger partial charge on any atom is 0.227 e. The first kappa shape index (κ1) is 15.4. The van der Waals surface area contributed by atoms with Crippen molar-refractivity contribution in [3.63, 3.8) is 0 Å². The smallest absolute Gasteiger partial charge is 0.227 e. The van der Waals surface area contributed by atoms with Gasteiger partial charge in [0.2, 0.25) is 5.91 Å². The normalized spacial score (nSPS) is 16.3. The van der Waals surface area contributed by atoms with Crippen LogP contribution in [0.2, 0.25) is 0 Å². The summed E-state index contributed by atoms with van der Waals surface area (Å²) >= 11 is 0. The summed E-state index contributed by atoms with van der Waals surface area (Å²) in [6, 6.07) is 5.65. The number of hydrogen-bond donors (Lipinski definition) is 1. The van der Waals surface area contributed by atoms with Gasteiger partial charge in [-0.15, -0.1) is 0 Å². The monoisotopic (exact) mass is 316 g/mol. The van der Waals surface area contributed by atoms with Crippen LogP contribution in [-0.2, 0) is 24.2 Å². The fourth-order valence-corrected chi connectivity index (χ4v) is 2.58. The van der Waals surface area contributed by atoms with Crippen LogP contribution in [0, 0.1) is 5.92 Å². The zero-order valence-electron chi connectivity index (χ0n) is 13.3. The highest BCUT2D eigenvalue weighted by Gasteiger charge is 2.26. The van der Waals surface area contributed by atoms with Gasteiger partial charge in [0.05, 0.1) is 25.3 Å². The van der Waals surface area contributed by atoms with Gasteiger partial charge in [-0.05, 0) is 30.2 Å². The van der Waals surface area contributed by atoms with Gasteiger partial charge in [0.1, 0.15) is 24.4 Å². The van der Waals surface area contributed by atoms with Crippen LogP contribution < -0.4 is 14.8 Å². The quantitative estimate of drug-likeness (QED) is 0.914. The molecular formula is C17H20N2O4. The molecule has 1 aromatic heterocycles. The third-order valence-electron chi connectivity index (χ3n) is 3.89. The number of hydrogen-bond acceptors (Lipinski definition) is 5. The van der Waals surface area contributed by atoms with E-state index in [4.69, 9.17) is 13.9 Å². The van der Waals surface area contributed by atoms with Crippen molar-refractivity contribution in [3.05, 3.63) is 41.6 Å². The number of nitrogens with zero attached hydrogens (tertiary/aromatic N) is 1. The van der Waals surface area contributed by atoms with E-state index in [-0.39, 0.29) is 11.8 Å². The van der Waals surface area contributed by atoms with E-state index in [0.29, 0.717) is 25.5 Å². The zero-order chi connectivity index (χ0) is 16.2. The van der Waals surface area contributed by atoms with Gasteiger partial charge >= 0.3 is 0 Å². The molecule has 0 saturated heterocycles. The Bertz CT molecular complexity index is 696. The highest BCUT2D eigenvalue weighted by atomic mass is 16.5. The molecule has 23 heavy (non-hydrogen) atoms. The number of benzene rings is 1. The largest absolute Gasteiger partial charge is 0.497 e. The van der Waals surface area contributed by atoms with Gasteiger partial charge in [-0.3, -0.25) is 4.79 Å². The van der Waals surface area contributed by atoms with E-state index in [1.807, 2.05) is 25.1 Å². The Labute approximate surface area is 134 Å². The van der Waals surface area contributed by atoms with Crippen molar-refractivity contribution in [1.82, 2.24) is 10.3 Å². The lowest BCUT2D eigenvalue weighted by molar-refractivity contribution is -0.126. The second kappa shape index (κ2) is 6.73. The van der Waals surface area contributed by atoms with E-state index in [1.54, 1.807) is 13.4 Å². The lowest BCUT2D eigenvalue weighted by atomic mass is 9.96.